The van der Waals surface area contributed by atoms with Gasteiger partial charge in [-0.05, 0) is 37.0 Å². The Morgan fingerprint density at radius 1 is 1.55 bits per heavy atom. The van der Waals surface area contributed by atoms with Crippen molar-refractivity contribution in [1.82, 2.24) is 4.90 Å². The highest BCUT2D eigenvalue weighted by Gasteiger charge is 2.31. The van der Waals surface area contributed by atoms with Gasteiger partial charge in [-0.2, -0.15) is 8.78 Å². The Kier molecular flexibility index (Phi) is 6.02. The average molecular weight is 330 g/mol. The van der Waals surface area contributed by atoms with Crippen LogP contribution >= 0.6 is 11.8 Å². The van der Waals surface area contributed by atoms with E-state index >= 15 is 0 Å². The summed E-state index contributed by atoms with van der Waals surface area (Å²) in [5.41, 5.74) is 0.477. The second-order valence-electron chi connectivity index (χ2n) is 5.40. The number of halogens is 2. The van der Waals surface area contributed by atoms with Crippen molar-refractivity contribution in [2.24, 2.45) is 5.92 Å². The van der Waals surface area contributed by atoms with Crippen LogP contribution in [0.15, 0.2) is 29.2 Å². The molecule has 4 nitrogen and oxygen atoms in total. The first-order chi connectivity index (χ1) is 10.5. The molecular formula is C15H20F2N2O2S. The van der Waals surface area contributed by atoms with Gasteiger partial charge in [-0.25, -0.2) is 4.79 Å². The number of aliphatic hydroxyl groups excluding tert-OH is 1. The lowest BCUT2D eigenvalue weighted by molar-refractivity contribution is 0.0811. The van der Waals surface area contributed by atoms with E-state index in [2.05, 4.69) is 5.32 Å². The number of aliphatic hydroxyl groups is 1. The van der Waals surface area contributed by atoms with Crippen LogP contribution in [0.4, 0.5) is 19.3 Å². The van der Waals surface area contributed by atoms with Crippen molar-refractivity contribution in [3.05, 3.63) is 24.3 Å². The zero-order valence-electron chi connectivity index (χ0n) is 12.3. The van der Waals surface area contributed by atoms with Crippen LogP contribution in [0.2, 0.25) is 0 Å². The largest absolute Gasteiger partial charge is 0.394 e. The summed E-state index contributed by atoms with van der Waals surface area (Å²) in [6.07, 6.45) is 1.88. The van der Waals surface area contributed by atoms with Crippen LogP contribution in [0.3, 0.4) is 0 Å². The molecule has 0 saturated carbocycles. The monoisotopic (exact) mass is 330 g/mol. The zero-order chi connectivity index (χ0) is 16.1. The van der Waals surface area contributed by atoms with Crippen molar-refractivity contribution in [3.8, 4) is 0 Å². The number of hydrogen-bond acceptors (Lipinski definition) is 3. The van der Waals surface area contributed by atoms with Crippen molar-refractivity contribution >= 4 is 23.5 Å². The molecule has 2 N–H and O–H groups in total. The first kappa shape index (κ1) is 17.0. The molecule has 1 aliphatic rings. The number of nitrogens with zero attached hydrogens (tertiary/aromatic N) is 1. The van der Waals surface area contributed by atoms with Gasteiger partial charge in [0.1, 0.15) is 0 Å². The van der Waals surface area contributed by atoms with Gasteiger partial charge in [0, 0.05) is 17.1 Å². The quantitative estimate of drug-likeness (QED) is 0.829. The second kappa shape index (κ2) is 7.78. The van der Waals surface area contributed by atoms with Crippen LogP contribution in [0, 0.1) is 5.92 Å². The Morgan fingerprint density at radius 2 is 2.32 bits per heavy atom. The fourth-order valence-electron chi connectivity index (χ4n) is 2.72. The van der Waals surface area contributed by atoms with E-state index in [9.17, 15) is 18.7 Å². The summed E-state index contributed by atoms with van der Waals surface area (Å²) >= 11 is 0.442. The molecular weight excluding hydrogens is 310 g/mol. The van der Waals surface area contributed by atoms with E-state index in [-0.39, 0.29) is 24.6 Å². The lowest BCUT2D eigenvalue weighted by atomic mass is 9.91. The molecule has 0 spiro atoms. The molecule has 0 radical (unpaired) electrons. The molecule has 2 atom stereocenters. The minimum atomic E-state index is -2.49. The van der Waals surface area contributed by atoms with E-state index in [0.717, 1.165) is 12.8 Å². The number of carbonyl (C=O) groups excluding carboxylic acids is 1. The van der Waals surface area contributed by atoms with Crippen molar-refractivity contribution < 1.29 is 18.7 Å². The Hall–Kier alpha value is -1.34. The van der Waals surface area contributed by atoms with Crippen molar-refractivity contribution in [3.63, 3.8) is 0 Å². The third-order valence-electron chi connectivity index (χ3n) is 3.87. The predicted octanol–water partition coefficient (Wildman–Crippen LogP) is 3.63. The lowest BCUT2D eigenvalue weighted by Gasteiger charge is -2.38. The number of urea groups is 1. The highest BCUT2D eigenvalue weighted by molar-refractivity contribution is 7.99. The van der Waals surface area contributed by atoms with Gasteiger partial charge in [-0.15, -0.1) is 0 Å². The van der Waals surface area contributed by atoms with Crippen molar-refractivity contribution in [1.29, 1.82) is 0 Å². The number of nitrogens with one attached hydrogen (secondary N) is 1. The van der Waals surface area contributed by atoms with Crippen molar-refractivity contribution in [2.75, 3.05) is 18.5 Å². The van der Waals surface area contributed by atoms with E-state index < -0.39 is 5.76 Å². The summed E-state index contributed by atoms with van der Waals surface area (Å²) < 4.78 is 24.8. The fourth-order valence-corrected chi connectivity index (χ4v) is 3.28. The minimum absolute atomic E-state index is 0.0736. The molecule has 2 unspecified atom stereocenters. The van der Waals surface area contributed by atoms with Gasteiger partial charge < -0.3 is 15.3 Å². The molecule has 1 aromatic carbocycles. The number of carbonyl (C=O) groups is 1. The summed E-state index contributed by atoms with van der Waals surface area (Å²) in [4.78, 5) is 14.4. The van der Waals surface area contributed by atoms with E-state index in [1.807, 2.05) is 6.92 Å². The third kappa shape index (κ3) is 4.33. The highest BCUT2D eigenvalue weighted by Crippen LogP contribution is 2.28. The number of alkyl halides is 2. The smallest absolute Gasteiger partial charge is 0.322 e. The molecule has 0 aromatic heterocycles. The molecule has 1 aliphatic heterocycles. The van der Waals surface area contributed by atoms with Gasteiger partial charge in [0.2, 0.25) is 0 Å². The number of benzene rings is 1. The van der Waals surface area contributed by atoms with Crippen LogP contribution in [-0.2, 0) is 0 Å². The molecule has 2 rings (SSSR count). The predicted molar refractivity (Wildman–Crippen MR) is 83.3 cm³/mol. The molecule has 1 aromatic rings. The maximum absolute atomic E-state index is 12.4. The molecule has 0 bridgehead atoms. The summed E-state index contributed by atoms with van der Waals surface area (Å²) in [5.74, 6) is -2.25. The third-order valence-corrected chi connectivity index (χ3v) is 4.58. The topological polar surface area (TPSA) is 52.6 Å². The molecule has 0 aliphatic carbocycles. The molecule has 22 heavy (non-hydrogen) atoms. The first-order valence-electron chi connectivity index (χ1n) is 7.24. The average Bonchev–Trinajstić information content (AvgIpc) is 2.46. The van der Waals surface area contributed by atoms with Crippen LogP contribution < -0.4 is 5.32 Å². The Morgan fingerprint density at radius 3 is 3.00 bits per heavy atom. The number of hydrogen-bond donors (Lipinski definition) is 2. The fraction of sp³-hybridized carbons (Fsp3) is 0.533. The molecule has 1 heterocycles. The molecule has 1 saturated heterocycles. The van der Waals surface area contributed by atoms with Gasteiger partial charge in [0.15, 0.2) is 0 Å². The van der Waals surface area contributed by atoms with Gasteiger partial charge in [-0.3, -0.25) is 0 Å². The Balaban J connectivity index is 2.04. The number of anilines is 1. The number of rotatable bonds is 4. The summed E-state index contributed by atoms with van der Waals surface area (Å²) in [7, 11) is 0. The van der Waals surface area contributed by atoms with Crippen LogP contribution in [0.25, 0.3) is 0 Å². The maximum Gasteiger partial charge on any atom is 0.322 e. The van der Waals surface area contributed by atoms with Crippen LogP contribution in [0.5, 0.6) is 0 Å². The molecule has 2 amide bonds. The van der Waals surface area contributed by atoms with E-state index in [0.29, 0.717) is 28.9 Å². The zero-order valence-corrected chi connectivity index (χ0v) is 13.2. The van der Waals surface area contributed by atoms with Gasteiger partial charge >= 0.3 is 6.03 Å². The maximum atomic E-state index is 12.4. The molecule has 7 heteroatoms. The van der Waals surface area contributed by atoms with Crippen LogP contribution in [-0.4, -0.2) is 41.0 Å². The SMILES string of the molecule is CC1CCCN(C(=O)Nc2cccc(SC(F)F)c2)C1CO. The highest BCUT2D eigenvalue weighted by atomic mass is 32.2. The molecule has 1 fully saturated rings. The van der Waals surface area contributed by atoms with Gasteiger partial charge in [0.25, 0.3) is 5.76 Å². The number of likely N-dealkylation sites (tertiary alicyclic amines) is 1. The van der Waals surface area contributed by atoms with E-state index in [4.69, 9.17) is 0 Å². The number of thioether (sulfide) groups is 1. The number of amides is 2. The molecule has 122 valence electrons. The number of piperidine rings is 1. The van der Waals surface area contributed by atoms with Crippen LogP contribution in [0.1, 0.15) is 19.8 Å². The van der Waals surface area contributed by atoms with E-state index in [1.54, 1.807) is 23.1 Å². The minimum Gasteiger partial charge on any atom is -0.394 e. The second-order valence-corrected chi connectivity index (χ2v) is 6.46. The summed E-state index contributed by atoms with van der Waals surface area (Å²) in [6.45, 7) is 2.53. The first-order valence-corrected chi connectivity index (χ1v) is 8.12. The summed E-state index contributed by atoms with van der Waals surface area (Å²) in [6, 6.07) is 5.89. The van der Waals surface area contributed by atoms with Gasteiger partial charge in [0.05, 0.1) is 12.6 Å². The van der Waals surface area contributed by atoms with Crippen molar-refractivity contribution in [2.45, 2.75) is 36.5 Å². The standard InChI is InChI=1S/C15H20F2N2O2S/c1-10-4-3-7-19(13(10)9-20)15(21)18-11-5-2-6-12(8-11)22-14(16)17/h2,5-6,8,10,13-14,20H,3-4,7,9H2,1H3,(H,18,21). The Bertz CT molecular complexity index is 516. The lowest BCUT2D eigenvalue weighted by Crippen LogP contribution is -2.51. The summed E-state index contributed by atoms with van der Waals surface area (Å²) in [5, 5.41) is 12.2. The Labute approximate surface area is 132 Å². The van der Waals surface area contributed by atoms with E-state index in [1.165, 1.54) is 6.07 Å². The van der Waals surface area contributed by atoms with Gasteiger partial charge in [-0.1, -0.05) is 24.8 Å². The normalized spacial score (nSPS) is 22.0.